The van der Waals surface area contributed by atoms with Gasteiger partial charge in [-0.15, -0.1) is 0 Å². The Morgan fingerprint density at radius 1 is 1.43 bits per heavy atom. The Hall–Kier alpha value is -0.730. The van der Waals surface area contributed by atoms with Crippen molar-refractivity contribution >= 4 is 17.7 Å². The number of nitriles is 1. The van der Waals surface area contributed by atoms with Crippen molar-refractivity contribution in [3.63, 3.8) is 0 Å². The van der Waals surface area contributed by atoms with Gasteiger partial charge in [-0.25, -0.2) is 0 Å². The second kappa shape index (κ2) is 8.65. The van der Waals surface area contributed by atoms with E-state index in [0.29, 0.717) is 17.8 Å². The molecule has 0 spiro atoms. The monoisotopic (exact) mass is 311 g/mol. The molecule has 120 valence electrons. The molecule has 1 amide bonds. The van der Waals surface area contributed by atoms with Gasteiger partial charge in [0.25, 0.3) is 0 Å². The summed E-state index contributed by atoms with van der Waals surface area (Å²) in [6.07, 6.45) is 4.91. The van der Waals surface area contributed by atoms with Gasteiger partial charge in [0, 0.05) is 11.3 Å². The molecule has 1 fully saturated rings. The fourth-order valence-corrected chi connectivity index (χ4v) is 3.83. The predicted octanol–water partition coefficient (Wildman–Crippen LogP) is 2.69. The lowest BCUT2D eigenvalue weighted by atomic mass is 9.90. The summed E-state index contributed by atoms with van der Waals surface area (Å²) in [6.45, 7) is 8.17. The molecule has 0 aromatic rings. The maximum absolute atomic E-state index is 12.1. The fraction of sp³-hybridized carbons (Fsp3) is 0.875. The number of hydrogen-bond acceptors (Lipinski definition) is 4. The van der Waals surface area contributed by atoms with Crippen LogP contribution in [0.25, 0.3) is 0 Å². The third-order valence-corrected chi connectivity index (χ3v) is 5.72. The van der Waals surface area contributed by atoms with Gasteiger partial charge in [-0.2, -0.15) is 17.0 Å². The minimum Gasteiger partial charge on any atom is -0.337 e. The van der Waals surface area contributed by atoms with Gasteiger partial charge in [0.15, 0.2) is 0 Å². The molecule has 4 nitrogen and oxygen atoms in total. The van der Waals surface area contributed by atoms with Gasteiger partial charge in [-0.05, 0) is 31.4 Å². The normalized spacial score (nSPS) is 25.1. The Labute approximate surface area is 133 Å². The summed E-state index contributed by atoms with van der Waals surface area (Å²) in [4.78, 5) is 12.1. The first kappa shape index (κ1) is 18.3. The van der Waals surface area contributed by atoms with E-state index in [-0.39, 0.29) is 11.8 Å². The number of carbonyl (C=O) groups excluding carboxylic acids is 1. The zero-order chi connectivity index (χ0) is 15.9. The molecule has 0 radical (unpaired) electrons. The molecule has 3 unspecified atom stereocenters. The highest BCUT2D eigenvalue weighted by Crippen LogP contribution is 2.28. The number of rotatable bonds is 7. The van der Waals surface area contributed by atoms with Gasteiger partial charge in [0.05, 0.1) is 12.6 Å². The van der Waals surface area contributed by atoms with Crippen LogP contribution in [0, 0.1) is 17.2 Å². The highest BCUT2D eigenvalue weighted by molar-refractivity contribution is 7.99. The molecular formula is C16H29N3OS. The summed E-state index contributed by atoms with van der Waals surface area (Å²) >= 11 is 1.99. The second-order valence-electron chi connectivity index (χ2n) is 6.28. The van der Waals surface area contributed by atoms with E-state index in [2.05, 4.69) is 23.6 Å². The lowest BCUT2D eigenvalue weighted by Crippen LogP contribution is -2.53. The van der Waals surface area contributed by atoms with Crippen LogP contribution >= 0.6 is 11.8 Å². The Kier molecular flexibility index (Phi) is 7.55. The number of carbonyl (C=O) groups is 1. The Balaban J connectivity index is 2.46. The van der Waals surface area contributed by atoms with Crippen LogP contribution in [0.15, 0.2) is 0 Å². The second-order valence-corrected chi connectivity index (χ2v) is 7.80. The van der Waals surface area contributed by atoms with E-state index < -0.39 is 5.54 Å². The Morgan fingerprint density at radius 3 is 2.67 bits per heavy atom. The zero-order valence-corrected chi connectivity index (χ0v) is 14.6. The molecule has 1 rings (SSSR count). The molecule has 21 heavy (non-hydrogen) atoms. The summed E-state index contributed by atoms with van der Waals surface area (Å²) in [6, 6.07) is 2.63. The minimum absolute atomic E-state index is 0.0847. The largest absolute Gasteiger partial charge is 0.337 e. The number of nitrogens with one attached hydrogen (secondary N) is 2. The zero-order valence-electron chi connectivity index (χ0n) is 13.7. The van der Waals surface area contributed by atoms with Gasteiger partial charge in [-0.1, -0.05) is 33.6 Å². The molecule has 0 heterocycles. The van der Waals surface area contributed by atoms with Crippen LogP contribution in [0.5, 0.6) is 0 Å². The van der Waals surface area contributed by atoms with Crippen molar-refractivity contribution in [3.8, 4) is 6.07 Å². The predicted molar refractivity (Wildman–Crippen MR) is 89.2 cm³/mol. The number of hydrogen-bond donors (Lipinski definition) is 2. The summed E-state index contributed by atoms with van der Waals surface area (Å²) < 4.78 is 0. The molecule has 1 aliphatic rings. The number of thioether (sulfide) groups is 1. The average molecular weight is 311 g/mol. The molecule has 1 saturated carbocycles. The summed E-state index contributed by atoms with van der Waals surface area (Å²) in [7, 11) is 0. The lowest BCUT2D eigenvalue weighted by molar-refractivity contribution is -0.122. The molecule has 0 bridgehead atoms. The van der Waals surface area contributed by atoms with Crippen molar-refractivity contribution in [2.24, 2.45) is 5.92 Å². The quantitative estimate of drug-likeness (QED) is 0.759. The lowest BCUT2D eigenvalue weighted by Gasteiger charge is -2.32. The van der Waals surface area contributed by atoms with Crippen LogP contribution < -0.4 is 10.6 Å². The molecule has 3 atom stereocenters. The van der Waals surface area contributed by atoms with E-state index in [1.807, 2.05) is 25.6 Å². The van der Waals surface area contributed by atoms with Crippen molar-refractivity contribution in [1.82, 2.24) is 10.6 Å². The number of amides is 1. The summed E-state index contributed by atoms with van der Waals surface area (Å²) in [5, 5.41) is 16.1. The van der Waals surface area contributed by atoms with Crippen LogP contribution in [-0.4, -0.2) is 35.0 Å². The van der Waals surface area contributed by atoms with Gasteiger partial charge in [0.2, 0.25) is 5.91 Å². The highest BCUT2D eigenvalue weighted by atomic mass is 32.2. The van der Waals surface area contributed by atoms with E-state index in [1.54, 1.807) is 6.92 Å². The van der Waals surface area contributed by atoms with Crippen LogP contribution in [0.1, 0.15) is 53.4 Å². The fourth-order valence-electron chi connectivity index (χ4n) is 2.60. The van der Waals surface area contributed by atoms with E-state index in [9.17, 15) is 10.1 Å². The molecule has 0 saturated heterocycles. The molecule has 0 aromatic carbocycles. The number of nitrogens with zero attached hydrogens (tertiary/aromatic N) is 1. The smallest absolute Gasteiger partial charge is 0.235 e. The van der Waals surface area contributed by atoms with Crippen LogP contribution in [0.4, 0.5) is 0 Å². The first-order valence-electron chi connectivity index (χ1n) is 8.00. The van der Waals surface area contributed by atoms with Crippen LogP contribution in [0.2, 0.25) is 0 Å². The first-order chi connectivity index (χ1) is 9.92. The van der Waals surface area contributed by atoms with Crippen molar-refractivity contribution in [1.29, 1.82) is 5.26 Å². The van der Waals surface area contributed by atoms with Crippen molar-refractivity contribution < 1.29 is 4.79 Å². The van der Waals surface area contributed by atoms with Gasteiger partial charge in [0.1, 0.15) is 5.54 Å². The molecule has 1 aliphatic carbocycles. The summed E-state index contributed by atoms with van der Waals surface area (Å²) in [5.74, 6) is 1.12. The topological polar surface area (TPSA) is 64.9 Å². The van der Waals surface area contributed by atoms with E-state index in [4.69, 9.17) is 0 Å². The van der Waals surface area contributed by atoms with Crippen molar-refractivity contribution in [3.05, 3.63) is 0 Å². The maximum atomic E-state index is 12.1. The Bertz CT molecular complexity index is 378. The average Bonchev–Trinajstić information content (AvgIpc) is 2.46. The first-order valence-corrected chi connectivity index (χ1v) is 9.05. The molecule has 0 aromatic heterocycles. The van der Waals surface area contributed by atoms with Crippen molar-refractivity contribution in [2.45, 2.75) is 70.2 Å². The van der Waals surface area contributed by atoms with Gasteiger partial charge >= 0.3 is 0 Å². The molecule has 5 heteroatoms. The third-order valence-electron chi connectivity index (χ3n) is 4.39. The van der Waals surface area contributed by atoms with E-state index >= 15 is 0 Å². The van der Waals surface area contributed by atoms with E-state index in [0.717, 1.165) is 12.2 Å². The SMILES string of the molecule is CCSC1CCCCC1NCC(=O)NC(C)(C#N)C(C)C. The third kappa shape index (κ3) is 5.52. The Morgan fingerprint density at radius 2 is 2.10 bits per heavy atom. The van der Waals surface area contributed by atoms with Gasteiger partial charge in [-0.3, -0.25) is 4.79 Å². The summed E-state index contributed by atoms with van der Waals surface area (Å²) in [5.41, 5.74) is -0.789. The molecular weight excluding hydrogens is 282 g/mol. The highest BCUT2D eigenvalue weighted by Gasteiger charge is 2.30. The van der Waals surface area contributed by atoms with Gasteiger partial charge < -0.3 is 10.6 Å². The standard InChI is InChI=1S/C16H29N3OS/c1-5-21-14-9-7-6-8-13(14)18-10-15(20)19-16(4,11-17)12(2)3/h12-14,18H,5-10H2,1-4H3,(H,19,20). The minimum atomic E-state index is -0.789. The molecule has 0 aliphatic heterocycles. The van der Waals surface area contributed by atoms with Crippen LogP contribution in [-0.2, 0) is 4.79 Å². The molecule has 2 N–H and O–H groups in total. The maximum Gasteiger partial charge on any atom is 0.235 e. The van der Waals surface area contributed by atoms with Crippen molar-refractivity contribution in [2.75, 3.05) is 12.3 Å². The van der Waals surface area contributed by atoms with E-state index in [1.165, 1.54) is 19.3 Å². The van der Waals surface area contributed by atoms with Crippen LogP contribution in [0.3, 0.4) is 0 Å².